The zero-order valence-corrected chi connectivity index (χ0v) is 22.3. The maximum absolute atomic E-state index is 13.9. The quantitative estimate of drug-likeness (QED) is 0.360. The molecule has 2 aliphatic rings. The molecule has 37 heavy (non-hydrogen) atoms. The number of furan rings is 1. The van der Waals surface area contributed by atoms with Crippen LogP contribution < -0.4 is 14.4 Å². The molecule has 5 rings (SSSR count). The Labute approximate surface area is 214 Å². The van der Waals surface area contributed by atoms with Crippen LogP contribution in [0.25, 0.3) is 0 Å². The molecular formula is C27H28F3NO5Si. The van der Waals surface area contributed by atoms with Gasteiger partial charge < -0.3 is 23.2 Å². The smallest absolute Gasteiger partial charge is 0.449 e. The average Bonchev–Trinajstić information content (AvgIpc) is 3.48. The molecule has 1 aromatic heterocycles. The maximum atomic E-state index is 13.9. The zero-order valence-electron chi connectivity index (χ0n) is 21.2. The third kappa shape index (κ3) is 4.75. The second-order valence-corrected chi connectivity index (χ2v) is 12.9. The van der Waals surface area contributed by atoms with Gasteiger partial charge in [0.15, 0.2) is 20.5 Å². The second-order valence-electron chi connectivity index (χ2n) is 10.5. The predicted octanol–water partition coefficient (Wildman–Crippen LogP) is 6.33. The summed E-state index contributed by atoms with van der Waals surface area (Å²) < 4.78 is 61.8. The van der Waals surface area contributed by atoms with Crippen LogP contribution in [0.2, 0.25) is 13.1 Å². The molecule has 3 heterocycles. The molecule has 6 nitrogen and oxygen atoms in total. The van der Waals surface area contributed by atoms with Crippen LogP contribution in [0.1, 0.15) is 54.9 Å². The highest BCUT2D eigenvalue weighted by molar-refractivity contribution is 6.48. The highest BCUT2D eigenvalue weighted by Crippen LogP contribution is 2.49. The van der Waals surface area contributed by atoms with Crippen LogP contribution in [0.5, 0.6) is 11.5 Å². The first-order valence-electron chi connectivity index (χ1n) is 12.1. The fraction of sp³-hybridized carbons (Fsp3) is 0.370. The molecule has 2 aliphatic heterocycles. The maximum Gasteiger partial charge on any atom is 0.449 e. The highest BCUT2D eigenvalue weighted by Gasteiger charge is 2.42. The summed E-state index contributed by atoms with van der Waals surface area (Å²) in [7, 11) is -1.43. The van der Waals surface area contributed by atoms with E-state index in [9.17, 15) is 18.0 Å². The average molecular weight is 532 g/mol. The minimum atomic E-state index is -4.60. The fourth-order valence-electron chi connectivity index (χ4n) is 4.78. The van der Waals surface area contributed by atoms with E-state index in [1.54, 1.807) is 12.1 Å². The van der Waals surface area contributed by atoms with Crippen LogP contribution in [0.3, 0.4) is 0 Å². The van der Waals surface area contributed by atoms with Crippen LogP contribution in [-0.4, -0.2) is 21.4 Å². The van der Waals surface area contributed by atoms with Crippen LogP contribution in [0.15, 0.2) is 52.9 Å². The van der Waals surface area contributed by atoms with Gasteiger partial charge in [0.1, 0.15) is 5.76 Å². The van der Waals surface area contributed by atoms with Crippen molar-refractivity contribution in [2.45, 2.75) is 64.4 Å². The van der Waals surface area contributed by atoms with Crippen molar-refractivity contribution in [1.29, 1.82) is 0 Å². The van der Waals surface area contributed by atoms with Crippen molar-refractivity contribution in [3.8, 4) is 11.5 Å². The van der Waals surface area contributed by atoms with Crippen molar-refractivity contribution in [2.24, 2.45) is 0 Å². The molecule has 0 bridgehead atoms. The Bertz CT molecular complexity index is 1340. The largest absolute Gasteiger partial charge is 0.455 e. The summed E-state index contributed by atoms with van der Waals surface area (Å²) in [6.07, 6.45) is -4.60. The molecule has 0 saturated carbocycles. The number of fused-ring (bicyclic) bond motifs is 2. The van der Waals surface area contributed by atoms with Gasteiger partial charge >= 0.3 is 12.7 Å². The summed E-state index contributed by atoms with van der Waals surface area (Å²) in [4.78, 5) is 15.4. The summed E-state index contributed by atoms with van der Waals surface area (Å²) in [5, 5.41) is 0. The van der Waals surface area contributed by atoms with Crippen molar-refractivity contribution in [1.82, 2.24) is 0 Å². The SMILES string of the molecule is C[SiH](C)OC1Oc2cc(C3C(=O)N(Cc4ccc(C(F)(F)F)o4)c4ccccc43)c(C(C)(C)C)cc2O1. The number of hydrogen-bond donors (Lipinski definition) is 0. The minimum Gasteiger partial charge on any atom is -0.455 e. The van der Waals surface area contributed by atoms with Gasteiger partial charge in [-0.2, -0.15) is 13.2 Å². The van der Waals surface area contributed by atoms with Gasteiger partial charge in [0.25, 0.3) is 0 Å². The van der Waals surface area contributed by atoms with E-state index in [4.69, 9.17) is 18.3 Å². The zero-order chi connectivity index (χ0) is 26.7. The Morgan fingerprint density at radius 2 is 1.65 bits per heavy atom. The van der Waals surface area contributed by atoms with Crippen LogP contribution in [0, 0.1) is 0 Å². The van der Waals surface area contributed by atoms with Crippen LogP contribution in [-0.2, 0) is 27.4 Å². The number of para-hydroxylation sites is 1. The number of rotatable bonds is 5. The van der Waals surface area contributed by atoms with Crippen molar-refractivity contribution < 1.29 is 36.3 Å². The fourth-order valence-corrected chi connectivity index (χ4v) is 5.33. The van der Waals surface area contributed by atoms with Crippen molar-refractivity contribution in [3.63, 3.8) is 0 Å². The lowest BCUT2D eigenvalue weighted by atomic mass is 9.78. The van der Waals surface area contributed by atoms with E-state index in [0.717, 1.165) is 22.8 Å². The number of halogens is 3. The van der Waals surface area contributed by atoms with Gasteiger partial charge in [-0.3, -0.25) is 4.79 Å². The van der Waals surface area contributed by atoms with E-state index in [1.807, 2.05) is 58.1 Å². The number of nitrogens with zero attached hydrogens (tertiary/aromatic N) is 1. The summed E-state index contributed by atoms with van der Waals surface area (Å²) in [6, 6.07) is 13.2. The lowest BCUT2D eigenvalue weighted by Gasteiger charge is -2.26. The van der Waals surface area contributed by atoms with Crippen LogP contribution >= 0.6 is 0 Å². The molecule has 0 spiro atoms. The number of amides is 1. The summed E-state index contributed by atoms with van der Waals surface area (Å²) in [5.41, 5.74) is 2.72. The van der Waals surface area contributed by atoms with Gasteiger partial charge in [-0.05, 0) is 65.5 Å². The van der Waals surface area contributed by atoms with Crippen molar-refractivity contribution >= 4 is 20.6 Å². The molecule has 10 heteroatoms. The molecule has 1 amide bonds. The molecule has 0 radical (unpaired) electrons. The van der Waals surface area contributed by atoms with Gasteiger partial charge in [-0.15, -0.1) is 0 Å². The van der Waals surface area contributed by atoms with Crippen molar-refractivity contribution in [2.75, 3.05) is 4.90 Å². The molecule has 3 aromatic rings. The number of alkyl halides is 3. The summed E-state index contributed by atoms with van der Waals surface area (Å²) >= 11 is 0. The number of hydrogen-bond acceptors (Lipinski definition) is 5. The third-order valence-corrected chi connectivity index (χ3v) is 7.14. The molecule has 0 saturated heterocycles. The summed E-state index contributed by atoms with van der Waals surface area (Å²) in [5.74, 6) is -0.915. The number of anilines is 1. The number of carbonyl (C=O) groups excluding carboxylic acids is 1. The first-order valence-corrected chi connectivity index (χ1v) is 14.8. The minimum absolute atomic E-state index is 0.0516. The first-order chi connectivity index (χ1) is 17.3. The Balaban J connectivity index is 1.55. The normalized spacial score (nSPS) is 19.2. The molecule has 2 atom stereocenters. The molecule has 0 aliphatic carbocycles. The van der Waals surface area contributed by atoms with Gasteiger partial charge in [0.2, 0.25) is 11.7 Å². The monoisotopic (exact) mass is 531 g/mol. The van der Waals surface area contributed by atoms with E-state index < -0.39 is 33.4 Å². The first kappa shape index (κ1) is 25.4. The van der Waals surface area contributed by atoms with E-state index in [1.165, 1.54) is 11.0 Å². The summed E-state index contributed by atoms with van der Waals surface area (Å²) in [6.45, 7) is 9.24. The number of ether oxygens (including phenoxy) is 2. The topological polar surface area (TPSA) is 61.1 Å². The van der Waals surface area contributed by atoms with E-state index in [-0.39, 0.29) is 23.6 Å². The standard InChI is InChI=1S/C27H28F3NO5Si/c1-26(2,3)18-13-21-20(34-25(35-21)36-37(4)5)12-17(18)23-16-8-6-7-9-19(16)31(24(23)32)14-15-10-11-22(33-15)27(28,29)30/h6-13,23,25,37H,14H2,1-5H3. The number of carbonyl (C=O) groups is 1. The molecule has 2 unspecified atom stereocenters. The van der Waals surface area contributed by atoms with E-state index in [2.05, 4.69) is 0 Å². The Morgan fingerprint density at radius 1 is 0.973 bits per heavy atom. The molecule has 0 fully saturated rings. The van der Waals surface area contributed by atoms with Gasteiger partial charge in [-0.25, -0.2) is 0 Å². The van der Waals surface area contributed by atoms with E-state index >= 15 is 0 Å². The Morgan fingerprint density at radius 3 is 2.27 bits per heavy atom. The molecule has 2 aromatic carbocycles. The highest BCUT2D eigenvalue weighted by atomic mass is 28.3. The van der Waals surface area contributed by atoms with E-state index in [0.29, 0.717) is 17.2 Å². The van der Waals surface area contributed by atoms with Crippen molar-refractivity contribution in [3.05, 3.63) is 76.7 Å². The predicted molar refractivity (Wildman–Crippen MR) is 133 cm³/mol. The third-order valence-electron chi connectivity index (χ3n) is 6.37. The van der Waals surface area contributed by atoms with Crippen LogP contribution in [0.4, 0.5) is 18.9 Å². The van der Waals surface area contributed by atoms with Gasteiger partial charge in [0, 0.05) is 5.69 Å². The molecule has 0 N–H and O–H groups in total. The Hall–Kier alpha value is -3.24. The number of benzene rings is 2. The lowest BCUT2D eigenvalue weighted by molar-refractivity contribution is -0.153. The van der Waals surface area contributed by atoms with Gasteiger partial charge in [-0.1, -0.05) is 39.0 Å². The Kier molecular flexibility index (Phi) is 6.15. The lowest BCUT2D eigenvalue weighted by Crippen LogP contribution is -2.29. The molecular weight excluding hydrogens is 503 g/mol. The second kappa shape index (κ2) is 8.95. The van der Waals surface area contributed by atoms with Gasteiger partial charge in [0.05, 0.1) is 12.5 Å². The molecule has 196 valence electrons.